The van der Waals surface area contributed by atoms with E-state index in [1.165, 1.54) is 32.1 Å². The minimum absolute atomic E-state index is 0.727. The topological polar surface area (TPSA) is 21.3 Å². The molecule has 21 heavy (non-hydrogen) atoms. The standard InChI is InChI=1S/C19H31NO/c1-16(2)17-8-6-9-18(13-12-17)20-14-7-15-21-19-10-4-3-5-11-19/h3-5,10-11,16-18,20H,6-9,12-15H2,1-2H3. The van der Waals surface area contributed by atoms with Crippen molar-refractivity contribution in [3.8, 4) is 5.75 Å². The van der Waals surface area contributed by atoms with E-state index in [0.717, 1.165) is 43.2 Å². The van der Waals surface area contributed by atoms with Crippen LogP contribution < -0.4 is 10.1 Å². The van der Waals surface area contributed by atoms with Crippen molar-refractivity contribution in [2.45, 2.75) is 58.4 Å². The molecular formula is C19H31NO. The van der Waals surface area contributed by atoms with Gasteiger partial charge in [-0.1, -0.05) is 44.9 Å². The second-order valence-corrected chi connectivity index (χ2v) is 6.68. The molecule has 0 aromatic heterocycles. The van der Waals surface area contributed by atoms with E-state index in [2.05, 4.69) is 19.2 Å². The third-order valence-corrected chi connectivity index (χ3v) is 4.72. The Balaban J connectivity index is 1.56. The first-order valence-corrected chi connectivity index (χ1v) is 8.67. The molecule has 2 rings (SSSR count). The summed E-state index contributed by atoms with van der Waals surface area (Å²) in [7, 11) is 0. The van der Waals surface area contributed by atoms with Gasteiger partial charge in [0.05, 0.1) is 6.61 Å². The summed E-state index contributed by atoms with van der Waals surface area (Å²) >= 11 is 0. The predicted octanol–water partition coefficient (Wildman–Crippen LogP) is 4.65. The maximum atomic E-state index is 5.73. The maximum Gasteiger partial charge on any atom is 0.119 e. The highest BCUT2D eigenvalue weighted by Gasteiger charge is 2.20. The molecule has 1 saturated carbocycles. The van der Waals surface area contributed by atoms with Crippen LogP contribution in [-0.4, -0.2) is 19.2 Å². The van der Waals surface area contributed by atoms with Gasteiger partial charge in [0.2, 0.25) is 0 Å². The SMILES string of the molecule is CC(C)C1CCCC(NCCCOc2ccccc2)CC1. The molecule has 1 fully saturated rings. The van der Waals surface area contributed by atoms with E-state index in [0.29, 0.717) is 0 Å². The van der Waals surface area contributed by atoms with E-state index < -0.39 is 0 Å². The van der Waals surface area contributed by atoms with Gasteiger partial charge in [0.1, 0.15) is 5.75 Å². The van der Waals surface area contributed by atoms with Gasteiger partial charge < -0.3 is 10.1 Å². The zero-order valence-electron chi connectivity index (χ0n) is 13.7. The van der Waals surface area contributed by atoms with Gasteiger partial charge in [-0.15, -0.1) is 0 Å². The first kappa shape index (κ1) is 16.4. The first-order valence-electron chi connectivity index (χ1n) is 8.67. The Morgan fingerprint density at radius 2 is 1.90 bits per heavy atom. The molecule has 2 heteroatoms. The molecular weight excluding hydrogens is 258 g/mol. The molecule has 0 radical (unpaired) electrons. The van der Waals surface area contributed by atoms with Crippen LogP contribution in [0.1, 0.15) is 52.4 Å². The summed E-state index contributed by atoms with van der Waals surface area (Å²) in [5.74, 6) is 2.77. The van der Waals surface area contributed by atoms with Crippen molar-refractivity contribution in [2.24, 2.45) is 11.8 Å². The van der Waals surface area contributed by atoms with Crippen molar-refractivity contribution in [1.29, 1.82) is 0 Å². The van der Waals surface area contributed by atoms with Gasteiger partial charge in [-0.25, -0.2) is 0 Å². The fourth-order valence-electron chi connectivity index (χ4n) is 3.29. The predicted molar refractivity (Wildman–Crippen MR) is 89.8 cm³/mol. The summed E-state index contributed by atoms with van der Waals surface area (Å²) in [6.45, 7) is 6.63. The van der Waals surface area contributed by atoms with E-state index in [-0.39, 0.29) is 0 Å². The van der Waals surface area contributed by atoms with Crippen LogP contribution in [0.2, 0.25) is 0 Å². The van der Waals surface area contributed by atoms with E-state index in [1.54, 1.807) is 0 Å². The van der Waals surface area contributed by atoms with E-state index in [9.17, 15) is 0 Å². The highest BCUT2D eigenvalue weighted by atomic mass is 16.5. The number of para-hydroxylation sites is 1. The average Bonchev–Trinajstić information content (AvgIpc) is 2.74. The first-order chi connectivity index (χ1) is 10.3. The Morgan fingerprint density at radius 1 is 1.10 bits per heavy atom. The van der Waals surface area contributed by atoms with Crippen molar-refractivity contribution in [1.82, 2.24) is 5.32 Å². The van der Waals surface area contributed by atoms with Crippen molar-refractivity contribution in [3.05, 3.63) is 30.3 Å². The largest absolute Gasteiger partial charge is 0.494 e. The quantitative estimate of drug-likeness (QED) is 0.583. The van der Waals surface area contributed by atoms with Crippen LogP contribution in [0.25, 0.3) is 0 Å². The maximum absolute atomic E-state index is 5.73. The van der Waals surface area contributed by atoms with Crippen molar-refractivity contribution < 1.29 is 4.74 Å². The normalized spacial score (nSPS) is 23.0. The summed E-state index contributed by atoms with van der Waals surface area (Å²) < 4.78 is 5.73. The van der Waals surface area contributed by atoms with Gasteiger partial charge in [0, 0.05) is 6.04 Å². The van der Waals surface area contributed by atoms with Gasteiger partial charge >= 0.3 is 0 Å². The number of ether oxygens (including phenoxy) is 1. The summed E-state index contributed by atoms with van der Waals surface area (Å²) in [4.78, 5) is 0. The second-order valence-electron chi connectivity index (χ2n) is 6.68. The van der Waals surface area contributed by atoms with Crippen LogP contribution in [-0.2, 0) is 0 Å². The molecule has 0 amide bonds. The van der Waals surface area contributed by atoms with Crippen molar-refractivity contribution in [3.63, 3.8) is 0 Å². The highest BCUT2D eigenvalue weighted by molar-refractivity contribution is 5.20. The lowest BCUT2D eigenvalue weighted by molar-refractivity contribution is 0.301. The Labute approximate surface area is 130 Å². The lowest BCUT2D eigenvalue weighted by atomic mass is 9.89. The third kappa shape index (κ3) is 6.09. The summed E-state index contributed by atoms with van der Waals surface area (Å²) in [5.41, 5.74) is 0. The van der Waals surface area contributed by atoms with E-state index in [1.807, 2.05) is 30.3 Å². The number of nitrogens with one attached hydrogen (secondary N) is 1. The minimum Gasteiger partial charge on any atom is -0.494 e. The molecule has 0 bridgehead atoms. The molecule has 118 valence electrons. The fraction of sp³-hybridized carbons (Fsp3) is 0.684. The van der Waals surface area contributed by atoms with Crippen LogP contribution in [0.5, 0.6) is 5.75 Å². The number of hydrogen-bond acceptors (Lipinski definition) is 2. The molecule has 0 heterocycles. The highest BCUT2D eigenvalue weighted by Crippen LogP contribution is 2.28. The van der Waals surface area contributed by atoms with Crippen LogP contribution >= 0.6 is 0 Å². The van der Waals surface area contributed by atoms with Crippen molar-refractivity contribution in [2.75, 3.05) is 13.2 Å². The van der Waals surface area contributed by atoms with Gasteiger partial charge in [0.15, 0.2) is 0 Å². The molecule has 2 atom stereocenters. The minimum atomic E-state index is 0.727. The zero-order chi connectivity index (χ0) is 14.9. The fourth-order valence-corrected chi connectivity index (χ4v) is 3.29. The Morgan fingerprint density at radius 3 is 2.67 bits per heavy atom. The molecule has 0 saturated heterocycles. The molecule has 2 unspecified atom stereocenters. The van der Waals surface area contributed by atoms with Crippen LogP contribution in [0.3, 0.4) is 0 Å². The lowest BCUT2D eigenvalue weighted by Crippen LogP contribution is -2.30. The Hall–Kier alpha value is -1.02. The number of rotatable bonds is 7. The third-order valence-electron chi connectivity index (χ3n) is 4.72. The number of benzene rings is 1. The lowest BCUT2D eigenvalue weighted by Gasteiger charge is -2.19. The molecule has 1 aromatic carbocycles. The second kappa shape index (κ2) is 9.09. The Kier molecular flexibility index (Phi) is 7.08. The Bertz CT molecular complexity index is 376. The molecule has 0 spiro atoms. The van der Waals surface area contributed by atoms with Crippen LogP contribution in [0, 0.1) is 11.8 Å². The van der Waals surface area contributed by atoms with Gasteiger partial charge in [-0.3, -0.25) is 0 Å². The summed E-state index contributed by atoms with van der Waals surface area (Å²) in [6.07, 6.45) is 7.99. The summed E-state index contributed by atoms with van der Waals surface area (Å²) in [5, 5.41) is 3.73. The van der Waals surface area contributed by atoms with Gasteiger partial charge in [-0.2, -0.15) is 0 Å². The van der Waals surface area contributed by atoms with E-state index >= 15 is 0 Å². The number of hydrogen-bond donors (Lipinski definition) is 1. The van der Waals surface area contributed by atoms with Crippen LogP contribution in [0.15, 0.2) is 30.3 Å². The van der Waals surface area contributed by atoms with Gasteiger partial charge in [-0.05, 0) is 56.2 Å². The molecule has 1 aliphatic carbocycles. The monoisotopic (exact) mass is 289 g/mol. The van der Waals surface area contributed by atoms with Gasteiger partial charge in [0.25, 0.3) is 0 Å². The van der Waals surface area contributed by atoms with Crippen LogP contribution in [0.4, 0.5) is 0 Å². The van der Waals surface area contributed by atoms with Crippen molar-refractivity contribution >= 4 is 0 Å². The zero-order valence-corrected chi connectivity index (χ0v) is 13.7. The molecule has 1 N–H and O–H groups in total. The smallest absolute Gasteiger partial charge is 0.119 e. The summed E-state index contributed by atoms with van der Waals surface area (Å²) in [6, 6.07) is 10.8. The van der Waals surface area contributed by atoms with E-state index in [4.69, 9.17) is 4.74 Å². The molecule has 1 aromatic rings. The molecule has 0 aliphatic heterocycles. The molecule has 1 aliphatic rings. The average molecular weight is 289 g/mol. The molecule has 2 nitrogen and oxygen atoms in total.